The lowest BCUT2D eigenvalue weighted by Crippen LogP contribution is -1.76. The van der Waals surface area contributed by atoms with Gasteiger partial charge in [-0.1, -0.05) is 5.16 Å². The summed E-state index contributed by atoms with van der Waals surface area (Å²) in [6.07, 6.45) is 5.34. The molecule has 7 heteroatoms. The number of hydrogen-bond donors (Lipinski definition) is 1. The van der Waals surface area contributed by atoms with Crippen molar-refractivity contribution in [2.24, 2.45) is 5.16 Å². The Morgan fingerprint density at radius 1 is 1.28 bits per heavy atom. The molecule has 0 aliphatic rings. The van der Waals surface area contributed by atoms with E-state index in [9.17, 15) is 0 Å². The fourth-order valence-corrected chi connectivity index (χ4v) is 4.43. The first kappa shape index (κ1) is 13.5. The molecule has 18 heavy (non-hydrogen) atoms. The van der Waals surface area contributed by atoms with Crippen LogP contribution in [0.3, 0.4) is 0 Å². The number of thioether (sulfide) groups is 1. The predicted octanol–water partition coefficient (Wildman–Crippen LogP) is 4.64. The Bertz CT molecular complexity index is 574. The van der Waals surface area contributed by atoms with Crippen LogP contribution in [0.15, 0.2) is 37.8 Å². The van der Waals surface area contributed by atoms with Crippen LogP contribution in [-0.2, 0) is 0 Å². The van der Waals surface area contributed by atoms with Crippen LogP contribution in [0, 0.1) is 0 Å². The molecule has 94 valence electrons. The summed E-state index contributed by atoms with van der Waals surface area (Å²) in [7, 11) is 0. The second-order valence-corrected chi connectivity index (χ2v) is 6.33. The fraction of sp³-hybridized carbons (Fsp3) is 0.0909. The molecule has 3 aromatic heterocycles. The van der Waals surface area contributed by atoms with Gasteiger partial charge in [-0.25, -0.2) is 0 Å². The second-order valence-electron chi connectivity index (χ2n) is 3.16. The quantitative estimate of drug-likeness (QED) is 0.324. The van der Waals surface area contributed by atoms with Crippen LogP contribution in [0.1, 0.15) is 5.56 Å². The zero-order chi connectivity index (χ0) is 12.8. The minimum Gasteiger partial charge on any atom is -0.411 e. The Labute approximate surface area is 121 Å². The largest absolute Gasteiger partial charge is 0.411 e. The van der Waals surface area contributed by atoms with Crippen molar-refractivity contribution in [3.05, 3.63) is 33.3 Å². The Morgan fingerprint density at radius 3 is 2.83 bits per heavy atom. The second kappa shape index (κ2) is 6.89. The fourth-order valence-electron chi connectivity index (χ4n) is 1.22. The summed E-state index contributed by atoms with van der Waals surface area (Å²) in [6, 6.07) is 0. The van der Waals surface area contributed by atoms with Gasteiger partial charge in [0.1, 0.15) is 0 Å². The maximum Gasteiger partial charge on any atom is 0.0753 e. The number of fused-ring (bicyclic) bond motifs is 1. The van der Waals surface area contributed by atoms with Gasteiger partial charge in [0.05, 0.1) is 10.9 Å². The topological polar surface area (TPSA) is 45.5 Å². The van der Waals surface area contributed by atoms with E-state index in [4.69, 9.17) is 5.21 Å². The minimum atomic E-state index is 0.986. The molecule has 0 spiro atoms. The third-order valence-corrected chi connectivity index (χ3v) is 5.45. The van der Waals surface area contributed by atoms with Crippen LogP contribution < -0.4 is 0 Å². The van der Waals surface area contributed by atoms with E-state index in [1.807, 2.05) is 23.2 Å². The van der Waals surface area contributed by atoms with E-state index in [0.29, 0.717) is 0 Å². The third-order valence-electron chi connectivity index (χ3n) is 2.07. The molecule has 0 saturated carbocycles. The molecule has 0 saturated heterocycles. The molecule has 0 unspecified atom stereocenters. The average molecular weight is 314 g/mol. The Balaban J connectivity index is 0.000000136. The molecular weight excluding hydrogens is 304 g/mol. The first-order valence-electron chi connectivity index (χ1n) is 4.89. The summed E-state index contributed by atoms with van der Waals surface area (Å²) in [5, 5.41) is 20.7. The lowest BCUT2D eigenvalue weighted by molar-refractivity contribution is 0.322. The molecule has 1 N–H and O–H groups in total. The molecule has 0 fully saturated rings. The first-order chi connectivity index (χ1) is 8.85. The van der Waals surface area contributed by atoms with Gasteiger partial charge in [0.2, 0.25) is 0 Å². The summed E-state index contributed by atoms with van der Waals surface area (Å²) >= 11 is 6.54. The Kier molecular flexibility index (Phi) is 5.18. The van der Waals surface area contributed by atoms with Crippen molar-refractivity contribution in [3.63, 3.8) is 0 Å². The SMILES string of the molecule is CSc1cscc1/C=N\O.c1nsc2cscc12. The van der Waals surface area contributed by atoms with E-state index in [2.05, 4.69) is 20.3 Å². The van der Waals surface area contributed by atoms with E-state index in [1.54, 1.807) is 46.0 Å². The Hall–Kier alpha value is -0.890. The summed E-state index contributed by atoms with van der Waals surface area (Å²) in [6.45, 7) is 0. The molecule has 0 bridgehead atoms. The summed E-state index contributed by atoms with van der Waals surface area (Å²) in [5.41, 5.74) is 0.986. The van der Waals surface area contributed by atoms with Crippen LogP contribution in [0.5, 0.6) is 0 Å². The molecule has 3 nitrogen and oxygen atoms in total. The number of nitrogens with zero attached hydrogens (tertiary/aromatic N) is 2. The molecule has 0 radical (unpaired) electrons. The van der Waals surface area contributed by atoms with E-state index in [-0.39, 0.29) is 0 Å². The van der Waals surface area contributed by atoms with Gasteiger partial charge in [0.15, 0.2) is 0 Å². The maximum atomic E-state index is 8.22. The van der Waals surface area contributed by atoms with E-state index >= 15 is 0 Å². The predicted molar refractivity (Wildman–Crippen MR) is 83.0 cm³/mol. The van der Waals surface area contributed by atoms with Gasteiger partial charge in [0.25, 0.3) is 0 Å². The van der Waals surface area contributed by atoms with E-state index in [0.717, 1.165) is 10.5 Å². The molecule has 3 heterocycles. The number of hydrogen-bond acceptors (Lipinski definition) is 7. The van der Waals surface area contributed by atoms with Crippen molar-refractivity contribution in [1.82, 2.24) is 4.37 Å². The zero-order valence-electron chi connectivity index (χ0n) is 9.44. The summed E-state index contributed by atoms with van der Waals surface area (Å²) < 4.78 is 5.31. The number of aromatic nitrogens is 1. The van der Waals surface area contributed by atoms with Gasteiger partial charge in [-0.05, 0) is 17.8 Å². The number of rotatable bonds is 2. The molecule has 3 aromatic rings. The zero-order valence-corrected chi connectivity index (χ0v) is 12.7. The van der Waals surface area contributed by atoms with E-state index in [1.165, 1.54) is 16.3 Å². The third kappa shape index (κ3) is 3.32. The van der Waals surface area contributed by atoms with Crippen molar-refractivity contribution in [2.75, 3.05) is 6.26 Å². The maximum absolute atomic E-state index is 8.22. The van der Waals surface area contributed by atoms with Crippen molar-refractivity contribution in [1.29, 1.82) is 0 Å². The van der Waals surface area contributed by atoms with Crippen LogP contribution >= 0.6 is 46.0 Å². The van der Waals surface area contributed by atoms with Gasteiger partial charge < -0.3 is 5.21 Å². The highest BCUT2D eigenvalue weighted by Gasteiger charge is 1.97. The molecular formula is C11H10N2OS4. The van der Waals surface area contributed by atoms with Crippen LogP contribution in [0.25, 0.3) is 10.1 Å². The summed E-state index contributed by atoms with van der Waals surface area (Å²) in [5.74, 6) is 0. The molecule has 0 aliphatic carbocycles. The highest BCUT2D eigenvalue weighted by molar-refractivity contribution is 7.98. The first-order valence-corrected chi connectivity index (χ1v) is 8.77. The highest BCUT2D eigenvalue weighted by atomic mass is 32.2. The summed E-state index contributed by atoms with van der Waals surface area (Å²) in [4.78, 5) is 1.16. The minimum absolute atomic E-state index is 0.986. The molecule has 0 atom stereocenters. The lowest BCUT2D eigenvalue weighted by Gasteiger charge is -1.89. The molecule has 0 aliphatic heterocycles. The van der Waals surface area contributed by atoms with Crippen LogP contribution in [-0.4, -0.2) is 22.1 Å². The van der Waals surface area contributed by atoms with Gasteiger partial charge >= 0.3 is 0 Å². The van der Waals surface area contributed by atoms with Crippen LogP contribution in [0.4, 0.5) is 0 Å². The average Bonchev–Trinajstić information content (AvgIpc) is 3.05. The van der Waals surface area contributed by atoms with Crippen molar-refractivity contribution >= 4 is 62.3 Å². The highest BCUT2D eigenvalue weighted by Crippen LogP contribution is 2.22. The van der Waals surface area contributed by atoms with Crippen molar-refractivity contribution in [2.45, 2.75) is 4.90 Å². The van der Waals surface area contributed by atoms with Crippen molar-refractivity contribution < 1.29 is 5.21 Å². The lowest BCUT2D eigenvalue weighted by atomic mass is 10.4. The number of thiophene rings is 2. The van der Waals surface area contributed by atoms with Gasteiger partial charge in [-0.15, -0.1) is 11.8 Å². The molecule has 3 rings (SSSR count). The van der Waals surface area contributed by atoms with E-state index < -0.39 is 0 Å². The smallest absolute Gasteiger partial charge is 0.0753 e. The molecule has 0 amide bonds. The standard InChI is InChI=1S/C6H7NOS2.C5H3NS2/c1-9-6-4-10-3-5(6)2-7-8;1-4-2-7-3-5(4)8-6-1/h2-4,8H,1H3;1-3H/b7-2-;. The monoisotopic (exact) mass is 314 g/mol. The van der Waals surface area contributed by atoms with Gasteiger partial charge in [0, 0.05) is 43.6 Å². The van der Waals surface area contributed by atoms with Crippen LogP contribution in [0.2, 0.25) is 0 Å². The van der Waals surface area contributed by atoms with Gasteiger partial charge in [-0.3, -0.25) is 0 Å². The molecule has 0 aromatic carbocycles. The number of oxime groups is 1. The van der Waals surface area contributed by atoms with Gasteiger partial charge in [-0.2, -0.15) is 27.0 Å². The van der Waals surface area contributed by atoms with Crippen molar-refractivity contribution in [3.8, 4) is 0 Å². The Morgan fingerprint density at radius 2 is 2.11 bits per heavy atom. The normalized spacial score (nSPS) is 10.7.